The quantitative estimate of drug-likeness (QED) is 0.257. The predicted molar refractivity (Wildman–Crippen MR) is 227 cm³/mol. The zero-order valence-electron chi connectivity index (χ0n) is 36.4. The van der Waals surface area contributed by atoms with Crippen LogP contribution in [0.4, 0.5) is 19.3 Å². The lowest BCUT2D eigenvalue weighted by Gasteiger charge is -2.47. The number of hydrogen-bond donors (Lipinski definition) is 3. The third-order valence-electron chi connectivity index (χ3n) is 14.1. The van der Waals surface area contributed by atoms with Crippen molar-refractivity contribution in [2.45, 2.75) is 133 Å². The maximum Gasteiger partial charge on any atom is 0.408 e. The number of amides is 4. The molecule has 2 saturated heterocycles. The predicted octanol–water partition coefficient (Wildman–Crippen LogP) is 5.48. The number of carbonyl (C=O) groups is 4. The molecule has 7 atom stereocenters. The third-order valence-corrected chi connectivity index (χ3v) is 16.3. The number of halogens is 2. The summed E-state index contributed by atoms with van der Waals surface area (Å²) in [6.07, 6.45) is 5.20. The summed E-state index contributed by atoms with van der Waals surface area (Å²) in [7, 11) is -4.09. The van der Waals surface area contributed by atoms with Gasteiger partial charge >= 0.3 is 6.09 Å². The van der Waals surface area contributed by atoms with Crippen LogP contribution in [0.2, 0.25) is 0 Å². The molecule has 340 valence electrons. The smallest absolute Gasteiger partial charge is 0.408 e. The van der Waals surface area contributed by atoms with Gasteiger partial charge in [0.25, 0.3) is 11.8 Å². The number of ether oxygens (including phenoxy) is 2. The van der Waals surface area contributed by atoms with Gasteiger partial charge in [0.1, 0.15) is 29.3 Å². The zero-order valence-corrected chi connectivity index (χ0v) is 37.2. The number of alkyl halides is 2. The van der Waals surface area contributed by atoms with Crippen LogP contribution in [0.25, 0.3) is 10.8 Å². The molecule has 0 spiro atoms. The first-order chi connectivity index (χ1) is 29.1. The van der Waals surface area contributed by atoms with Crippen LogP contribution in [-0.2, 0) is 29.1 Å². The fraction of sp³-hybridized carbons (Fsp3) is 0.659. The number of aromatic nitrogens is 1. The van der Waals surface area contributed by atoms with Gasteiger partial charge < -0.3 is 29.7 Å². The second-order valence-electron chi connectivity index (χ2n) is 18.8. The van der Waals surface area contributed by atoms with E-state index in [1.165, 1.54) is 4.90 Å². The Morgan fingerprint density at radius 2 is 1.79 bits per heavy atom. The van der Waals surface area contributed by atoms with Gasteiger partial charge in [-0.1, -0.05) is 50.6 Å². The van der Waals surface area contributed by atoms with Crippen molar-refractivity contribution in [3.05, 3.63) is 42.6 Å². The van der Waals surface area contributed by atoms with E-state index in [2.05, 4.69) is 14.9 Å². The van der Waals surface area contributed by atoms with Crippen molar-refractivity contribution in [2.75, 3.05) is 37.7 Å². The number of rotatable bonds is 10. The molecule has 1 aromatic heterocycles. The van der Waals surface area contributed by atoms with Crippen molar-refractivity contribution in [2.24, 2.45) is 17.8 Å². The molecule has 2 aromatic rings. The Morgan fingerprint density at radius 1 is 1.11 bits per heavy atom. The van der Waals surface area contributed by atoms with Crippen molar-refractivity contribution in [3.8, 4) is 5.88 Å². The molecule has 7 rings (SSSR count). The maximum absolute atomic E-state index is 15.5. The summed E-state index contributed by atoms with van der Waals surface area (Å²) in [6.45, 7) is 10.3. The number of benzene rings is 1. The minimum Gasteiger partial charge on any atom is -0.472 e. The van der Waals surface area contributed by atoms with Gasteiger partial charge in [0.2, 0.25) is 27.7 Å². The van der Waals surface area contributed by atoms with Crippen molar-refractivity contribution in [1.29, 1.82) is 0 Å². The van der Waals surface area contributed by atoms with Gasteiger partial charge in [-0.05, 0) is 77.2 Å². The molecule has 15 nitrogen and oxygen atoms in total. The van der Waals surface area contributed by atoms with Gasteiger partial charge in [0.05, 0.1) is 36.4 Å². The van der Waals surface area contributed by atoms with Gasteiger partial charge in [0.15, 0.2) is 0 Å². The lowest BCUT2D eigenvalue weighted by Crippen LogP contribution is -2.67. The van der Waals surface area contributed by atoms with E-state index in [4.69, 9.17) is 14.5 Å². The number of hydrogen-bond acceptors (Lipinski definition) is 10. The number of carboxylic acid groups (broad SMARTS) is 1. The fourth-order valence-corrected chi connectivity index (χ4v) is 10.6. The van der Waals surface area contributed by atoms with Crippen LogP contribution < -0.4 is 19.7 Å². The zero-order chi connectivity index (χ0) is 45.0. The Kier molecular flexibility index (Phi) is 12.3. The Labute approximate surface area is 362 Å². The van der Waals surface area contributed by atoms with E-state index in [9.17, 15) is 27.9 Å². The number of allylic oxidation sites excluding steroid dienone is 1. The second-order valence-corrected chi connectivity index (χ2v) is 21.0. The monoisotopic (exact) mass is 886 g/mol. The van der Waals surface area contributed by atoms with Crippen LogP contribution in [0.3, 0.4) is 0 Å². The number of nitrogens with zero attached hydrogens (tertiary/aromatic N) is 4. The Bertz CT molecular complexity index is 2210. The normalized spacial score (nSPS) is 29.4. The first kappa shape index (κ1) is 45.4. The van der Waals surface area contributed by atoms with Crippen LogP contribution in [0.15, 0.2) is 42.6 Å². The number of nitrogens with one attached hydrogen (secondary N) is 2. The molecule has 4 fully saturated rings. The lowest BCUT2D eigenvalue weighted by molar-refractivity contribution is -0.157. The number of sulfonamides is 1. The minimum absolute atomic E-state index is 0.0902. The molecule has 5 aliphatic rings. The third kappa shape index (κ3) is 8.57. The molecule has 1 aromatic carbocycles. The maximum atomic E-state index is 15.5. The topological polar surface area (TPSA) is 188 Å². The molecule has 3 aliphatic heterocycles. The first-order valence-corrected chi connectivity index (χ1v) is 23.3. The van der Waals surface area contributed by atoms with Gasteiger partial charge in [-0.3, -0.25) is 24.0 Å². The van der Waals surface area contributed by atoms with Gasteiger partial charge in [-0.25, -0.2) is 27.0 Å². The van der Waals surface area contributed by atoms with Gasteiger partial charge in [-0.15, -0.1) is 0 Å². The SMILES string of the molecule is CC[C@@H]1C[C@H](C)CCC=C[C@@H]2C[C@@]2(C(=O)NS(=O)(=O)C2(C)CC2)NC(=O)[C@@H]2C[C@@H](Oc3ncc(N4CCOCC4)c4ccccc34)CN2C(=O)[C@H]1N(C(=O)O)C(C)(C)C(C)(F)F. The van der Waals surface area contributed by atoms with Crippen LogP contribution in [0, 0.1) is 17.8 Å². The summed E-state index contributed by atoms with van der Waals surface area (Å²) in [5.41, 5.74) is -3.15. The van der Waals surface area contributed by atoms with Gasteiger partial charge in [0, 0.05) is 43.1 Å². The summed E-state index contributed by atoms with van der Waals surface area (Å²) >= 11 is 0. The molecule has 2 aliphatic carbocycles. The number of morpholine rings is 1. The number of pyridine rings is 1. The molecular formula is C44H60F2N6O9S. The van der Waals surface area contributed by atoms with Crippen LogP contribution in [0.1, 0.15) is 92.9 Å². The van der Waals surface area contributed by atoms with E-state index in [0.717, 1.165) is 24.9 Å². The van der Waals surface area contributed by atoms with E-state index in [1.807, 2.05) is 37.3 Å². The fourth-order valence-electron chi connectivity index (χ4n) is 9.31. The second kappa shape index (κ2) is 16.8. The van der Waals surface area contributed by atoms with Crippen LogP contribution in [0.5, 0.6) is 5.88 Å². The minimum atomic E-state index is -4.09. The molecule has 0 unspecified atom stereocenters. The Balaban J connectivity index is 1.30. The molecule has 4 amide bonds. The summed E-state index contributed by atoms with van der Waals surface area (Å²) < 4.78 is 70.9. The Morgan fingerprint density at radius 3 is 2.42 bits per heavy atom. The molecule has 4 heterocycles. The molecule has 18 heteroatoms. The summed E-state index contributed by atoms with van der Waals surface area (Å²) in [5.74, 6) is -7.27. The summed E-state index contributed by atoms with van der Waals surface area (Å²) in [4.78, 5) is 66.2. The highest BCUT2D eigenvalue weighted by Crippen LogP contribution is 2.48. The van der Waals surface area contributed by atoms with Crippen molar-refractivity contribution in [3.63, 3.8) is 0 Å². The van der Waals surface area contributed by atoms with Crippen molar-refractivity contribution >= 4 is 50.3 Å². The summed E-state index contributed by atoms with van der Waals surface area (Å²) in [5, 5.41) is 15.1. The molecule has 62 heavy (non-hydrogen) atoms. The number of carbonyl (C=O) groups excluding carboxylic acids is 3. The average Bonchev–Trinajstić information content (AvgIpc) is 4.10. The highest BCUT2D eigenvalue weighted by Gasteiger charge is 2.63. The highest BCUT2D eigenvalue weighted by atomic mass is 32.2. The van der Waals surface area contributed by atoms with E-state index < -0.39 is 85.6 Å². The lowest BCUT2D eigenvalue weighted by atomic mass is 9.81. The first-order valence-electron chi connectivity index (χ1n) is 21.8. The standard InChI is InChI=1S/C44H60F2N6O9S/c1-7-28-22-27(2)12-8-9-13-29-24-44(29,39(55)49-62(58,59)42(5)16-17-42)48-36(53)33-23-30(26-51(33)38(54)35(28)52(40(56)57)41(3,4)43(6,45)46)61-37-32-15-11-10-14-31(32)34(25-47-37)50-18-20-60-21-19-50/h9-11,13-15,25,27-30,33,35H,7-8,12,16-24,26H2,1-6H3,(H,48,53)(H,49,55)(H,56,57)/t27-,28-,29-,30-,33+,35+,44-/m1/s1. The van der Waals surface area contributed by atoms with Crippen LogP contribution in [-0.4, -0.2) is 125 Å². The van der Waals surface area contributed by atoms with E-state index in [-0.39, 0.29) is 37.6 Å². The van der Waals surface area contributed by atoms with Crippen LogP contribution >= 0.6 is 0 Å². The largest absolute Gasteiger partial charge is 0.472 e. The Hall–Kier alpha value is -4.58. The highest BCUT2D eigenvalue weighted by molar-refractivity contribution is 7.91. The molecule has 2 saturated carbocycles. The van der Waals surface area contributed by atoms with Crippen molar-refractivity contribution in [1.82, 2.24) is 24.8 Å². The molecule has 0 radical (unpaired) electrons. The van der Waals surface area contributed by atoms with Gasteiger partial charge in [-0.2, -0.15) is 0 Å². The molecule has 3 N–H and O–H groups in total. The average molecular weight is 887 g/mol. The number of anilines is 1. The summed E-state index contributed by atoms with van der Waals surface area (Å²) in [6, 6.07) is 4.52. The molecule has 0 bridgehead atoms. The molecular weight excluding hydrogens is 827 g/mol. The van der Waals surface area contributed by atoms with E-state index in [1.54, 1.807) is 26.1 Å². The van der Waals surface area contributed by atoms with Crippen molar-refractivity contribution < 1.29 is 51.0 Å². The van der Waals surface area contributed by atoms with E-state index >= 15 is 13.6 Å². The van der Waals surface area contributed by atoms with E-state index in [0.29, 0.717) is 75.6 Å². The number of fused-ring (bicyclic) bond motifs is 3.